The summed E-state index contributed by atoms with van der Waals surface area (Å²) in [6.45, 7) is 9.11. The monoisotopic (exact) mass is 886 g/mol. The van der Waals surface area contributed by atoms with Gasteiger partial charge in [0.05, 0.1) is 12.4 Å². The molecule has 2 aromatic carbocycles. The Hall–Kier alpha value is -5.98. The molecule has 4 saturated heterocycles. The number of aromatic nitrogens is 4. The minimum atomic E-state index is -0.676. The molecule has 4 fully saturated rings. The zero-order valence-corrected chi connectivity index (χ0v) is 36.9. The average Bonchev–Trinajstić information content (AvgIpc) is 3.86. The number of amides is 5. The van der Waals surface area contributed by atoms with Crippen LogP contribution in [0.15, 0.2) is 76.9 Å². The van der Waals surface area contributed by atoms with Gasteiger partial charge in [-0.05, 0) is 99.5 Å². The topological polar surface area (TPSA) is 212 Å². The predicted molar refractivity (Wildman–Crippen MR) is 241 cm³/mol. The molecular formula is C46H54N12O5S. The van der Waals surface area contributed by atoms with E-state index < -0.39 is 11.9 Å². The van der Waals surface area contributed by atoms with Gasteiger partial charge in [-0.3, -0.25) is 29.3 Å². The maximum absolute atomic E-state index is 13.0. The van der Waals surface area contributed by atoms with E-state index in [9.17, 15) is 24.0 Å². The molecule has 5 N–H and O–H groups in total. The summed E-state index contributed by atoms with van der Waals surface area (Å²) in [6, 6.07) is 16.1. The predicted octanol–water partition coefficient (Wildman–Crippen LogP) is 3.75. The Bertz CT molecular complexity index is 2420. The summed E-state index contributed by atoms with van der Waals surface area (Å²) in [4.78, 5) is 81.5. The van der Waals surface area contributed by atoms with Crippen molar-refractivity contribution in [3.05, 3.63) is 89.4 Å². The number of imide groups is 1. The molecule has 7 heterocycles. The number of nitrogens with two attached hydrogens (primary N) is 1. The number of carbonyl (C=O) groups is 5. The zero-order chi connectivity index (χ0) is 44.4. The van der Waals surface area contributed by atoms with E-state index in [0.717, 1.165) is 116 Å². The Labute approximate surface area is 376 Å². The van der Waals surface area contributed by atoms with Crippen molar-refractivity contribution in [1.82, 2.24) is 40.6 Å². The van der Waals surface area contributed by atoms with Gasteiger partial charge >= 0.3 is 0 Å². The first-order valence-corrected chi connectivity index (χ1v) is 23.0. The lowest BCUT2D eigenvalue weighted by atomic mass is 9.79. The number of hydrogen-bond donors (Lipinski definition) is 4. The summed E-state index contributed by atoms with van der Waals surface area (Å²) >= 11 is 1.52. The van der Waals surface area contributed by atoms with Crippen molar-refractivity contribution in [2.75, 3.05) is 60.9 Å². The van der Waals surface area contributed by atoms with E-state index in [1.807, 2.05) is 42.6 Å². The van der Waals surface area contributed by atoms with E-state index in [4.69, 9.17) is 5.73 Å². The number of unbranched alkanes of at least 4 members (excludes halogenated alkanes) is 1. The second kappa shape index (κ2) is 18.3. The number of fused-ring (bicyclic) bond motifs is 1. The number of piperidine rings is 2. The first-order valence-electron chi connectivity index (χ1n) is 22.2. The maximum Gasteiger partial charge on any atom is 0.272 e. The Morgan fingerprint density at radius 2 is 1.73 bits per heavy atom. The first kappa shape index (κ1) is 43.3. The molecule has 2 aromatic heterocycles. The van der Waals surface area contributed by atoms with E-state index in [2.05, 4.69) is 57.7 Å². The van der Waals surface area contributed by atoms with Gasteiger partial charge in [-0.15, -0.1) is 10.2 Å². The number of hydrogen-bond acceptors (Lipinski definition) is 14. The summed E-state index contributed by atoms with van der Waals surface area (Å²) in [5.41, 5.74) is 9.48. The highest BCUT2D eigenvalue weighted by atomic mass is 32.2. The third-order valence-corrected chi connectivity index (χ3v) is 14.0. The van der Waals surface area contributed by atoms with E-state index in [1.165, 1.54) is 16.7 Å². The van der Waals surface area contributed by atoms with Gasteiger partial charge in [-0.1, -0.05) is 30.0 Å². The molecule has 0 bridgehead atoms. The van der Waals surface area contributed by atoms with Crippen LogP contribution in [-0.2, 0) is 27.5 Å². The number of carbonyl (C=O) groups excluding carboxylic acids is 5. The number of nitrogens with zero attached hydrogens (tertiary/aromatic N) is 8. The van der Waals surface area contributed by atoms with Gasteiger partial charge < -0.3 is 36.0 Å². The first-order chi connectivity index (χ1) is 30.9. The van der Waals surface area contributed by atoms with E-state index in [-0.39, 0.29) is 59.8 Å². The highest BCUT2D eigenvalue weighted by molar-refractivity contribution is 7.99. The molecule has 5 aliphatic heterocycles. The van der Waals surface area contributed by atoms with Crippen molar-refractivity contribution >= 4 is 58.6 Å². The lowest BCUT2D eigenvalue weighted by Gasteiger charge is -2.48. The second-order valence-corrected chi connectivity index (χ2v) is 19.3. The highest BCUT2D eigenvalue weighted by Crippen LogP contribution is 2.41. The van der Waals surface area contributed by atoms with Crippen molar-refractivity contribution in [3.8, 4) is 0 Å². The van der Waals surface area contributed by atoms with Crippen molar-refractivity contribution in [1.29, 1.82) is 0 Å². The molecule has 9 rings (SSSR count). The number of rotatable bonds is 14. The molecule has 334 valence electrons. The van der Waals surface area contributed by atoms with Crippen molar-refractivity contribution in [2.45, 2.75) is 92.9 Å². The van der Waals surface area contributed by atoms with E-state index in [0.29, 0.717) is 18.4 Å². The van der Waals surface area contributed by atoms with Crippen molar-refractivity contribution in [2.24, 2.45) is 11.1 Å². The van der Waals surface area contributed by atoms with Crippen LogP contribution in [0.1, 0.15) is 90.3 Å². The fourth-order valence-corrected chi connectivity index (χ4v) is 10.2. The smallest absolute Gasteiger partial charge is 0.272 e. The maximum atomic E-state index is 13.0. The van der Waals surface area contributed by atoms with Crippen LogP contribution < -0.4 is 31.5 Å². The largest absolute Gasteiger partial charge is 0.355 e. The van der Waals surface area contributed by atoms with Crippen LogP contribution in [0.2, 0.25) is 0 Å². The minimum Gasteiger partial charge on any atom is -0.355 e. The molecule has 1 unspecified atom stereocenters. The Morgan fingerprint density at radius 3 is 2.50 bits per heavy atom. The van der Waals surface area contributed by atoms with Gasteiger partial charge in [0, 0.05) is 92.3 Å². The summed E-state index contributed by atoms with van der Waals surface area (Å²) in [6.07, 6.45) is 9.28. The number of likely N-dealkylation sites (tertiary alicyclic amines) is 1. The third kappa shape index (κ3) is 9.88. The zero-order valence-electron chi connectivity index (χ0n) is 36.1. The molecule has 5 aliphatic rings. The molecule has 0 saturated carbocycles. The molecule has 1 atom stereocenters. The normalized spacial score (nSPS) is 20.2. The van der Waals surface area contributed by atoms with Gasteiger partial charge in [-0.25, -0.2) is 9.97 Å². The van der Waals surface area contributed by atoms with Crippen LogP contribution in [0.3, 0.4) is 0 Å². The Kier molecular flexibility index (Phi) is 12.3. The van der Waals surface area contributed by atoms with Crippen molar-refractivity contribution in [3.63, 3.8) is 0 Å². The van der Waals surface area contributed by atoms with E-state index in [1.54, 1.807) is 24.4 Å². The fraction of sp³-hybridized carbons (Fsp3) is 0.457. The Balaban J connectivity index is 0.661. The molecule has 17 nitrogen and oxygen atoms in total. The van der Waals surface area contributed by atoms with Crippen LogP contribution in [-0.4, -0.2) is 117 Å². The molecule has 5 amide bonds. The van der Waals surface area contributed by atoms with Gasteiger partial charge in [0.15, 0.2) is 11.5 Å². The van der Waals surface area contributed by atoms with Crippen LogP contribution >= 0.6 is 11.8 Å². The molecule has 64 heavy (non-hydrogen) atoms. The number of anilines is 3. The van der Waals surface area contributed by atoms with Gasteiger partial charge in [-0.2, -0.15) is 0 Å². The Morgan fingerprint density at radius 1 is 0.906 bits per heavy atom. The third-order valence-electron chi connectivity index (χ3n) is 13.1. The van der Waals surface area contributed by atoms with Crippen LogP contribution in [0, 0.1) is 5.41 Å². The van der Waals surface area contributed by atoms with Gasteiger partial charge in [0.1, 0.15) is 16.9 Å². The molecule has 0 aliphatic carbocycles. The number of benzene rings is 2. The standard InChI is InChI=1S/C46H54N12O5S/c1-45(47)14-18-56(19-15-45)38-24-49-41(25-48-38)64-33-6-4-5-32(22-33)51-39(59)7-2-3-17-55-27-46(28-55)16-20-57(29-46)37-12-10-35(53-54-37)42(61)50-23-30-8-9-34-31(21-30)26-58(44(34)63)36-11-13-40(60)52-43(36)62/h4-6,8-10,12,21-22,24-25,36H,2-3,7,11,13-20,23,26-29,47H2,1H3,(H,50,61)(H,51,59)(H,52,60,62). The fourth-order valence-electron chi connectivity index (χ4n) is 9.45. The molecule has 4 aromatic rings. The molecule has 18 heteroatoms. The molecule has 1 spiro atoms. The summed E-state index contributed by atoms with van der Waals surface area (Å²) in [5, 5.41) is 17.7. The molecular weight excluding hydrogens is 833 g/mol. The lowest BCUT2D eigenvalue weighted by molar-refractivity contribution is -0.137. The van der Waals surface area contributed by atoms with Crippen LogP contribution in [0.5, 0.6) is 0 Å². The summed E-state index contributed by atoms with van der Waals surface area (Å²) < 4.78 is 0. The van der Waals surface area contributed by atoms with Crippen LogP contribution in [0.4, 0.5) is 17.3 Å². The average molecular weight is 887 g/mol. The highest BCUT2D eigenvalue weighted by Gasteiger charge is 2.47. The second-order valence-electron chi connectivity index (χ2n) is 18.2. The van der Waals surface area contributed by atoms with Gasteiger partial charge in [0.2, 0.25) is 17.7 Å². The lowest BCUT2D eigenvalue weighted by Crippen LogP contribution is -2.57. The summed E-state index contributed by atoms with van der Waals surface area (Å²) in [5.74, 6) is 0.279. The quantitative estimate of drug-likeness (QED) is 0.105. The van der Waals surface area contributed by atoms with Crippen molar-refractivity contribution < 1.29 is 24.0 Å². The minimum absolute atomic E-state index is 0.0111. The van der Waals surface area contributed by atoms with Crippen LogP contribution in [0.25, 0.3) is 0 Å². The van der Waals surface area contributed by atoms with E-state index >= 15 is 0 Å². The van der Waals surface area contributed by atoms with Gasteiger partial charge in [0.25, 0.3) is 11.8 Å². The summed E-state index contributed by atoms with van der Waals surface area (Å²) in [7, 11) is 0. The SMILES string of the molecule is CC1(N)CCN(c2cnc(Sc3cccc(NC(=O)CCCCN4CC5(CCN(c6ccc(C(=O)NCc7ccc8c(c7)CN(C7CCC(=O)NC7=O)C8=O)nn6)C5)C4)c3)cn2)CC1. The number of nitrogens with one attached hydrogen (secondary N) is 3. The molecule has 0 radical (unpaired) electrons.